The first-order chi connectivity index (χ1) is 6.24. The zero-order chi connectivity index (χ0) is 9.84. The topological polar surface area (TPSA) is 26.3 Å². The van der Waals surface area contributed by atoms with Crippen molar-refractivity contribution in [3.63, 3.8) is 0 Å². The van der Waals surface area contributed by atoms with Crippen LogP contribution in [0.1, 0.15) is 46.5 Å². The molecule has 76 valence electrons. The molecule has 0 aromatic rings. The van der Waals surface area contributed by atoms with Gasteiger partial charge >= 0.3 is 5.97 Å². The molecular formula is C11H20O2. The molecule has 1 saturated heterocycles. The second-order valence-corrected chi connectivity index (χ2v) is 3.85. The van der Waals surface area contributed by atoms with E-state index in [-0.39, 0.29) is 18.0 Å². The van der Waals surface area contributed by atoms with E-state index in [1.807, 2.05) is 0 Å². The van der Waals surface area contributed by atoms with Crippen molar-refractivity contribution in [2.75, 3.05) is 0 Å². The van der Waals surface area contributed by atoms with E-state index in [9.17, 15) is 4.79 Å². The highest BCUT2D eigenvalue weighted by atomic mass is 16.6. The summed E-state index contributed by atoms with van der Waals surface area (Å²) in [6, 6.07) is 0. The summed E-state index contributed by atoms with van der Waals surface area (Å²) >= 11 is 0. The minimum Gasteiger partial charge on any atom is -0.462 e. The second kappa shape index (κ2) is 4.64. The number of cyclic esters (lactones) is 1. The highest BCUT2D eigenvalue weighted by Crippen LogP contribution is 2.35. The van der Waals surface area contributed by atoms with Crippen molar-refractivity contribution < 1.29 is 9.53 Å². The Labute approximate surface area is 80.7 Å². The van der Waals surface area contributed by atoms with E-state index in [1.165, 1.54) is 0 Å². The van der Waals surface area contributed by atoms with Crippen molar-refractivity contribution in [2.45, 2.75) is 52.6 Å². The fourth-order valence-corrected chi connectivity index (χ4v) is 2.33. The average Bonchev–Trinajstić information content (AvgIpc) is 2.43. The van der Waals surface area contributed by atoms with Crippen LogP contribution in [0.3, 0.4) is 0 Å². The molecule has 0 saturated carbocycles. The third-order valence-corrected chi connectivity index (χ3v) is 3.03. The van der Waals surface area contributed by atoms with Gasteiger partial charge in [0.05, 0.1) is 5.92 Å². The molecule has 1 heterocycles. The third-order valence-electron chi connectivity index (χ3n) is 3.03. The molecule has 3 atom stereocenters. The summed E-state index contributed by atoms with van der Waals surface area (Å²) in [5.74, 6) is 0.685. The van der Waals surface area contributed by atoms with E-state index in [0.29, 0.717) is 5.92 Å². The lowest BCUT2D eigenvalue weighted by Gasteiger charge is -2.17. The molecule has 0 aliphatic carbocycles. The average molecular weight is 184 g/mol. The third kappa shape index (κ3) is 2.04. The molecule has 0 spiro atoms. The quantitative estimate of drug-likeness (QED) is 0.628. The normalized spacial score (nSPS) is 33.5. The standard InChI is InChI=1S/C11H20O2/c1-4-7-9-8(5-2)11(12)13-10(9)6-3/h8-10H,4-7H2,1-3H3. The van der Waals surface area contributed by atoms with Gasteiger partial charge in [-0.05, 0) is 19.3 Å². The molecule has 0 aromatic carbocycles. The van der Waals surface area contributed by atoms with Gasteiger partial charge in [-0.1, -0.05) is 27.2 Å². The molecule has 1 fully saturated rings. The molecule has 1 aliphatic rings. The van der Waals surface area contributed by atoms with Crippen LogP contribution in [0.2, 0.25) is 0 Å². The van der Waals surface area contributed by atoms with Gasteiger partial charge in [0.2, 0.25) is 0 Å². The fraction of sp³-hybridized carbons (Fsp3) is 0.909. The van der Waals surface area contributed by atoms with Gasteiger partial charge in [-0.15, -0.1) is 0 Å². The smallest absolute Gasteiger partial charge is 0.309 e. The molecule has 13 heavy (non-hydrogen) atoms. The first-order valence-electron chi connectivity index (χ1n) is 5.45. The Morgan fingerprint density at radius 2 is 1.92 bits per heavy atom. The minimum atomic E-state index is 0.0350. The van der Waals surface area contributed by atoms with Gasteiger partial charge in [-0.25, -0.2) is 0 Å². The largest absolute Gasteiger partial charge is 0.462 e. The Hall–Kier alpha value is -0.530. The zero-order valence-electron chi connectivity index (χ0n) is 8.88. The van der Waals surface area contributed by atoms with Crippen LogP contribution in [0, 0.1) is 11.8 Å². The summed E-state index contributed by atoms with van der Waals surface area (Å²) in [6.07, 6.45) is 4.36. The van der Waals surface area contributed by atoms with Gasteiger partial charge in [0.1, 0.15) is 6.10 Å². The Balaban J connectivity index is 2.65. The highest BCUT2D eigenvalue weighted by molar-refractivity contribution is 5.75. The molecule has 2 nitrogen and oxygen atoms in total. The summed E-state index contributed by atoms with van der Waals surface area (Å²) in [6.45, 7) is 6.34. The van der Waals surface area contributed by atoms with Crippen LogP contribution >= 0.6 is 0 Å². The molecule has 0 amide bonds. The zero-order valence-corrected chi connectivity index (χ0v) is 8.88. The van der Waals surface area contributed by atoms with Gasteiger partial charge in [0, 0.05) is 5.92 Å². The van der Waals surface area contributed by atoms with Crippen molar-refractivity contribution in [2.24, 2.45) is 11.8 Å². The first-order valence-corrected chi connectivity index (χ1v) is 5.45. The monoisotopic (exact) mass is 184 g/mol. The number of ether oxygens (including phenoxy) is 1. The van der Waals surface area contributed by atoms with Crippen LogP contribution in [0.15, 0.2) is 0 Å². The van der Waals surface area contributed by atoms with Gasteiger partial charge in [-0.2, -0.15) is 0 Å². The number of hydrogen-bond donors (Lipinski definition) is 0. The second-order valence-electron chi connectivity index (χ2n) is 3.85. The van der Waals surface area contributed by atoms with Crippen LogP contribution in [0.25, 0.3) is 0 Å². The van der Waals surface area contributed by atoms with E-state index in [1.54, 1.807) is 0 Å². The van der Waals surface area contributed by atoms with Crippen molar-refractivity contribution in [3.05, 3.63) is 0 Å². The summed E-state index contributed by atoms with van der Waals surface area (Å²) in [4.78, 5) is 11.4. The van der Waals surface area contributed by atoms with Gasteiger partial charge in [0.15, 0.2) is 0 Å². The molecule has 2 heteroatoms. The summed E-state index contributed by atoms with van der Waals surface area (Å²) in [5, 5.41) is 0. The van der Waals surface area contributed by atoms with Gasteiger partial charge < -0.3 is 4.74 Å². The summed E-state index contributed by atoms with van der Waals surface area (Å²) in [5.41, 5.74) is 0. The maximum atomic E-state index is 11.4. The maximum Gasteiger partial charge on any atom is 0.309 e. The predicted molar refractivity (Wildman–Crippen MR) is 52.4 cm³/mol. The lowest BCUT2D eigenvalue weighted by molar-refractivity contribution is -0.144. The Morgan fingerprint density at radius 3 is 2.38 bits per heavy atom. The molecule has 1 rings (SSSR count). The van der Waals surface area contributed by atoms with Crippen molar-refractivity contribution >= 4 is 5.97 Å². The van der Waals surface area contributed by atoms with E-state index in [4.69, 9.17) is 4.74 Å². The van der Waals surface area contributed by atoms with E-state index < -0.39 is 0 Å². The number of rotatable bonds is 4. The van der Waals surface area contributed by atoms with Crippen LogP contribution in [-0.4, -0.2) is 12.1 Å². The van der Waals surface area contributed by atoms with Crippen LogP contribution in [0.5, 0.6) is 0 Å². The summed E-state index contributed by atoms with van der Waals surface area (Å²) in [7, 11) is 0. The summed E-state index contributed by atoms with van der Waals surface area (Å²) < 4.78 is 5.34. The molecule has 0 aromatic heterocycles. The van der Waals surface area contributed by atoms with Crippen molar-refractivity contribution in [3.8, 4) is 0 Å². The molecular weight excluding hydrogens is 164 g/mol. The van der Waals surface area contributed by atoms with E-state index >= 15 is 0 Å². The Morgan fingerprint density at radius 1 is 1.23 bits per heavy atom. The SMILES string of the molecule is CCCC1C(CC)OC(=O)C1CC. The maximum absolute atomic E-state index is 11.4. The van der Waals surface area contributed by atoms with Gasteiger partial charge in [-0.3, -0.25) is 4.79 Å². The predicted octanol–water partition coefficient (Wildman–Crippen LogP) is 2.76. The Bertz CT molecular complexity index is 177. The molecule has 3 unspecified atom stereocenters. The Kier molecular flexibility index (Phi) is 3.76. The lowest BCUT2D eigenvalue weighted by Crippen LogP contribution is -2.19. The first kappa shape index (κ1) is 10.6. The molecule has 0 N–H and O–H groups in total. The van der Waals surface area contributed by atoms with Crippen LogP contribution in [-0.2, 0) is 9.53 Å². The van der Waals surface area contributed by atoms with E-state index in [0.717, 1.165) is 25.7 Å². The minimum absolute atomic E-state index is 0.0350. The lowest BCUT2D eigenvalue weighted by atomic mass is 9.84. The van der Waals surface area contributed by atoms with Crippen LogP contribution in [0.4, 0.5) is 0 Å². The number of carbonyl (C=O) groups is 1. The number of hydrogen-bond acceptors (Lipinski definition) is 2. The van der Waals surface area contributed by atoms with E-state index in [2.05, 4.69) is 20.8 Å². The molecule has 0 radical (unpaired) electrons. The fourth-order valence-electron chi connectivity index (χ4n) is 2.33. The number of esters is 1. The van der Waals surface area contributed by atoms with Crippen molar-refractivity contribution in [1.29, 1.82) is 0 Å². The molecule has 0 bridgehead atoms. The van der Waals surface area contributed by atoms with Crippen LogP contribution < -0.4 is 0 Å². The van der Waals surface area contributed by atoms with Crippen molar-refractivity contribution in [1.82, 2.24) is 0 Å². The molecule has 1 aliphatic heterocycles. The van der Waals surface area contributed by atoms with Gasteiger partial charge in [0.25, 0.3) is 0 Å². The number of carbonyl (C=O) groups excluding carboxylic acids is 1. The highest BCUT2D eigenvalue weighted by Gasteiger charge is 2.41.